The van der Waals surface area contributed by atoms with Gasteiger partial charge in [0.25, 0.3) is 5.91 Å². The van der Waals surface area contributed by atoms with Crippen LogP contribution in [0.4, 0.5) is 11.4 Å². The molecule has 0 spiro atoms. The van der Waals surface area contributed by atoms with Crippen molar-refractivity contribution in [2.24, 2.45) is 0 Å². The molecular weight excluding hydrogens is 328 g/mol. The van der Waals surface area contributed by atoms with E-state index in [-0.39, 0.29) is 11.7 Å². The normalized spacial score (nSPS) is 10.2. The van der Waals surface area contributed by atoms with E-state index in [2.05, 4.69) is 5.32 Å². The second kappa shape index (κ2) is 7.53. The summed E-state index contributed by atoms with van der Waals surface area (Å²) in [5.74, 6) is 0.214. The minimum absolute atomic E-state index is 0.134. The lowest BCUT2D eigenvalue weighted by Gasteiger charge is -2.11. The first kappa shape index (κ1) is 17.2. The summed E-state index contributed by atoms with van der Waals surface area (Å²) in [6, 6.07) is 20.5. The van der Waals surface area contributed by atoms with Gasteiger partial charge < -0.3 is 15.8 Å². The number of rotatable bonds is 5. The molecule has 130 valence electrons. The maximum Gasteiger partial charge on any atom is 0.255 e. The number of carbonyl (C=O) groups is 2. The van der Waals surface area contributed by atoms with Gasteiger partial charge in [-0.3, -0.25) is 9.59 Å². The van der Waals surface area contributed by atoms with Crippen molar-refractivity contribution in [2.75, 3.05) is 18.2 Å². The molecular formula is C21H18N2O3. The zero-order valence-corrected chi connectivity index (χ0v) is 14.2. The Bertz CT molecular complexity index is 935. The van der Waals surface area contributed by atoms with E-state index in [0.717, 1.165) is 0 Å². The van der Waals surface area contributed by atoms with Gasteiger partial charge in [0.15, 0.2) is 5.78 Å². The molecule has 1 amide bonds. The average Bonchev–Trinajstić information content (AvgIpc) is 2.69. The summed E-state index contributed by atoms with van der Waals surface area (Å²) in [5.41, 5.74) is 8.23. The lowest BCUT2D eigenvalue weighted by Crippen LogP contribution is -2.14. The van der Waals surface area contributed by atoms with Crippen LogP contribution in [0.1, 0.15) is 26.3 Å². The van der Waals surface area contributed by atoms with Crippen molar-refractivity contribution in [3.8, 4) is 5.75 Å². The molecule has 0 fully saturated rings. The van der Waals surface area contributed by atoms with Gasteiger partial charge in [-0.05, 0) is 42.5 Å². The zero-order valence-electron chi connectivity index (χ0n) is 14.2. The monoisotopic (exact) mass is 346 g/mol. The highest BCUT2D eigenvalue weighted by Crippen LogP contribution is 2.23. The molecule has 0 heterocycles. The van der Waals surface area contributed by atoms with Crippen LogP contribution in [0.15, 0.2) is 72.8 Å². The van der Waals surface area contributed by atoms with Gasteiger partial charge in [0.05, 0.1) is 18.5 Å². The van der Waals surface area contributed by atoms with Crippen LogP contribution >= 0.6 is 0 Å². The summed E-state index contributed by atoms with van der Waals surface area (Å²) in [6.45, 7) is 0. The van der Waals surface area contributed by atoms with Crippen molar-refractivity contribution in [3.05, 3.63) is 89.5 Å². The number of nitrogens with one attached hydrogen (secondary N) is 1. The van der Waals surface area contributed by atoms with Crippen molar-refractivity contribution in [2.45, 2.75) is 0 Å². The number of amides is 1. The summed E-state index contributed by atoms with van der Waals surface area (Å²) in [5, 5.41) is 2.75. The molecule has 26 heavy (non-hydrogen) atoms. The summed E-state index contributed by atoms with van der Waals surface area (Å²) < 4.78 is 5.08. The predicted octanol–water partition coefficient (Wildman–Crippen LogP) is 3.76. The van der Waals surface area contributed by atoms with Gasteiger partial charge in [0.1, 0.15) is 5.75 Å². The molecule has 0 saturated heterocycles. The Morgan fingerprint density at radius 1 is 0.846 bits per heavy atom. The van der Waals surface area contributed by atoms with Crippen molar-refractivity contribution >= 4 is 23.1 Å². The SMILES string of the molecule is COc1ccc(C(=O)Nc2cc(C(=O)c3ccccc3)ccc2N)cc1. The number of benzene rings is 3. The van der Waals surface area contributed by atoms with Crippen molar-refractivity contribution < 1.29 is 14.3 Å². The topological polar surface area (TPSA) is 81.4 Å². The Morgan fingerprint density at radius 3 is 2.15 bits per heavy atom. The van der Waals surface area contributed by atoms with Crippen LogP contribution in [-0.4, -0.2) is 18.8 Å². The Hall–Kier alpha value is -3.60. The highest BCUT2D eigenvalue weighted by molar-refractivity contribution is 6.11. The summed E-state index contributed by atoms with van der Waals surface area (Å²) in [7, 11) is 1.56. The Labute approximate surface area is 151 Å². The maximum atomic E-state index is 12.6. The second-order valence-corrected chi connectivity index (χ2v) is 5.68. The largest absolute Gasteiger partial charge is 0.497 e. The predicted molar refractivity (Wildman–Crippen MR) is 102 cm³/mol. The average molecular weight is 346 g/mol. The van der Waals surface area contributed by atoms with Crippen molar-refractivity contribution in [1.82, 2.24) is 0 Å². The molecule has 3 aromatic carbocycles. The van der Waals surface area contributed by atoms with Crippen LogP contribution in [0.2, 0.25) is 0 Å². The Balaban J connectivity index is 1.83. The number of nitrogen functional groups attached to an aromatic ring is 1. The van der Waals surface area contributed by atoms with E-state index in [1.165, 1.54) is 0 Å². The molecule has 0 aliphatic carbocycles. The molecule has 0 aliphatic heterocycles. The van der Waals surface area contributed by atoms with Crippen LogP contribution in [-0.2, 0) is 0 Å². The van der Waals surface area contributed by atoms with E-state index >= 15 is 0 Å². The second-order valence-electron chi connectivity index (χ2n) is 5.68. The zero-order chi connectivity index (χ0) is 18.5. The first-order valence-electron chi connectivity index (χ1n) is 8.03. The van der Waals surface area contributed by atoms with Gasteiger partial charge in [-0.25, -0.2) is 0 Å². The molecule has 5 nitrogen and oxygen atoms in total. The third-order valence-electron chi connectivity index (χ3n) is 3.95. The molecule has 3 N–H and O–H groups in total. The number of hydrogen-bond acceptors (Lipinski definition) is 4. The van der Waals surface area contributed by atoms with Gasteiger partial charge in [-0.2, -0.15) is 0 Å². The van der Waals surface area contributed by atoms with E-state index < -0.39 is 0 Å². The van der Waals surface area contributed by atoms with Crippen LogP contribution in [0.5, 0.6) is 5.75 Å². The standard InChI is InChI=1S/C21H18N2O3/c1-26-17-10-7-15(8-11-17)21(25)23-19-13-16(9-12-18(19)22)20(24)14-5-3-2-4-6-14/h2-13H,22H2,1H3,(H,23,25). The number of hydrogen-bond donors (Lipinski definition) is 2. The van der Waals surface area contributed by atoms with Gasteiger partial charge in [0.2, 0.25) is 0 Å². The first-order chi connectivity index (χ1) is 12.6. The molecule has 0 radical (unpaired) electrons. The lowest BCUT2D eigenvalue weighted by atomic mass is 10.0. The van der Waals surface area contributed by atoms with E-state index in [1.807, 2.05) is 6.07 Å². The number of nitrogens with two attached hydrogens (primary N) is 1. The molecule has 0 aliphatic rings. The fraction of sp³-hybridized carbons (Fsp3) is 0.0476. The van der Waals surface area contributed by atoms with E-state index in [4.69, 9.17) is 10.5 Å². The molecule has 0 saturated carbocycles. The minimum Gasteiger partial charge on any atom is -0.497 e. The summed E-state index contributed by atoms with van der Waals surface area (Å²) >= 11 is 0. The molecule has 3 aromatic rings. The molecule has 0 atom stereocenters. The smallest absolute Gasteiger partial charge is 0.255 e. The number of methoxy groups -OCH3 is 1. The third-order valence-corrected chi connectivity index (χ3v) is 3.95. The lowest BCUT2D eigenvalue weighted by molar-refractivity contribution is 0.102. The molecule has 0 aromatic heterocycles. The highest BCUT2D eigenvalue weighted by atomic mass is 16.5. The van der Waals surface area contributed by atoms with Crippen LogP contribution < -0.4 is 15.8 Å². The van der Waals surface area contributed by atoms with Crippen molar-refractivity contribution in [3.63, 3.8) is 0 Å². The Morgan fingerprint density at radius 2 is 1.50 bits per heavy atom. The fourth-order valence-corrected chi connectivity index (χ4v) is 2.50. The van der Waals surface area contributed by atoms with Crippen LogP contribution in [0.3, 0.4) is 0 Å². The Kier molecular flexibility index (Phi) is 4.99. The maximum absolute atomic E-state index is 12.6. The van der Waals surface area contributed by atoms with Gasteiger partial charge in [-0.1, -0.05) is 30.3 Å². The molecule has 5 heteroatoms. The quantitative estimate of drug-likeness (QED) is 0.544. The number of ketones is 1. The number of ether oxygens (including phenoxy) is 1. The van der Waals surface area contributed by atoms with E-state index in [1.54, 1.807) is 73.8 Å². The highest BCUT2D eigenvalue weighted by Gasteiger charge is 2.13. The van der Waals surface area contributed by atoms with Crippen molar-refractivity contribution in [1.29, 1.82) is 0 Å². The number of carbonyl (C=O) groups excluding carboxylic acids is 2. The fourth-order valence-electron chi connectivity index (χ4n) is 2.50. The molecule has 0 bridgehead atoms. The molecule has 3 rings (SSSR count). The number of anilines is 2. The van der Waals surface area contributed by atoms with Crippen LogP contribution in [0, 0.1) is 0 Å². The molecule has 0 unspecified atom stereocenters. The minimum atomic E-state index is -0.316. The van der Waals surface area contributed by atoms with E-state index in [9.17, 15) is 9.59 Å². The van der Waals surface area contributed by atoms with E-state index in [0.29, 0.717) is 33.8 Å². The van der Waals surface area contributed by atoms with Crippen LogP contribution in [0.25, 0.3) is 0 Å². The summed E-state index contributed by atoms with van der Waals surface area (Å²) in [6.07, 6.45) is 0. The van der Waals surface area contributed by atoms with Gasteiger partial charge >= 0.3 is 0 Å². The van der Waals surface area contributed by atoms with Gasteiger partial charge in [0, 0.05) is 16.7 Å². The third kappa shape index (κ3) is 3.72. The van der Waals surface area contributed by atoms with Gasteiger partial charge in [-0.15, -0.1) is 0 Å². The summed E-state index contributed by atoms with van der Waals surface area (Å²) in [4.78, 5) is 25.0. The first-order valence-corrected chi connectivity index (χ1v) is 8.03.